The summed E-state index contributed by atoms with van der Waals surface area (Å²) in [7, 11) is 0. The fourth-order valence-electron chi connectivity index (χ4n) is 4.63. The van der Waals surface area contributed by atoms with Crippen molar-refractivity contribution in [2.24, 2.45) is 17.8 Å². The van der Waals surface area contributed by atoms with E-state index >= 15 is 0 Å². The van der Waals surface area contributed by atoms with Crippen LogP contribution in [0.5, 0.6) is 0 Å². The zero-order valence-corrected chi connectivity index (χ0v) is 15.5. The third-order valence-corrected chi connectivity index (χ3v) is 6.14. The highest BCUT2D eigenvalue weighted by Crippen LogP contribution is 2.39. The molecule has 1 N–H and O–H groups in total. The summed E-state index contributed by atoms with van der Waals surface area (Å²) >= 11 is 0. The highest BCUT2D eigenvalue weighted by molar-refractivity contribution is 5.73. The molecule has 1 aliphatic heterocycles. The van der Waals surface area contributed by atoms with Gasteiger partial charge in [0, 0.05) is 33.2 Å². The Morgan fingerprint density at radius 3 is 2.54 bits per heavy atom. The van der Waals surface area contributed by atoms with Gasteiger partial charge in [0.1, 0.15) is 5.82 Å². The van der Waals surface area contributed by atoms with Crippen LogP contribution in [0.25, 0.3) is 0 Å². The third-order valence-electron chi connectivity index (χ3n) is 6.14. The first-order valence-electron chi connectivity index (χ1n) is 9.92. The van der Waals surface area contributed by atoms with E-state index in [0.29, 0.717) is 11.8 Å². The predicted molar refractivity (Wildman–Crippen MR) is 98.0 cm³/mol. The number of nitrogens with one attached hydrogen (secondary N) is 1. The Hall–Kier alpha value is -1.46. The third kappa shape index (κ3) is 4.44. The average molecular weight is 360 g/mol. The Morgan fingerprint density at radius 1 is 1.19 bits per heavy atom. The van der Waals surface area contributed by atoms with Crippen molar-refractivity contribution < 1.29 is 13.9 Å². The topological polar surface area (TPSA) is 41.6 Å². The van der Waals surface area contributed by atoms with Crippen molar-refractivity contribution in [1.82, 2.24) is 10.2 Å². The van der Waals surface area contributed by atoms with Crippen molar-refractivity contribution >= 4 is 5.91 Å². The molecule has 0 aromatic heterocycles. The van der Waals surface area contributed by atoms with Gasteiger partial charge in [-0.05, 0) is 61.1 Å². The predicted octanol–water partition coefficient (Wildman–Crippen LogP) is 2.97. The average Bonchev–Trinajstić information content (AvgIpc) is 3.34. The molecule has 0 spiro atoms. The summed E-state index contributed by atoms with van der Waals surface area (Å²) in [6.07, 6.45) is 4.75. The summed E-state index contributed by atoms with van der Waals surface area (Å²) in [6, 6.07) is 6.95. The smallest absolute Gasteiger partial charge is 0.217 e. The highest BCUT2D eigenvalue weighted by Gasteiger charge is 2.43. The molecule has 26 heavy (non-hydrogen) atoms. The summed E-state index contributed by atoms with van der Waals surface area (Å²) in [5.74, 6) is 1.83. The molecule has 2 aliphatic carbocycles. The number of carbonyl (C=O) groups is 1. The molecule has 142 valence electrons. The van der Waals surface area contributed by atoms with E-state index in [1.165, 1.54) is 25.0 Å². The zero-order valence-electron chi connectivity index (χ0n) is 15.5. The van der Waals surface area contributed by atoms with E-state index in [4.69, 9.17) is 4.74 Å². The van der Waals surface area contributed by atoms with E-state index in [1.54, 1.807) is 6.92 Å². The molecule has 0 radical (unpaired) electrons. The first-order valence-corrected chi connectivity index (χ1v) is 9.92. The Bertz CT molecular complexity index is 631. The number of halogens is 1. The van der Waals surface area contributed by atoms with Gasteiger partial charge in [0.2, 0.25) is 5.91 Å². The number of ether oxygens (including phenoxy) is 1. The quantitative estimate of drug-likeness (QED) is 0.848. The van der Waals surface area contributed by atoms with E-state index < -0.39 is 0 Å². The molecule has 3 fully saturated rings. The molecular weight excluding hydrogens is 331 g/mol. The van der Waals surface area contributed by atoms with Gasteiger partial charge in [0.15, 0.2) is 0 Å². The Kier molecular flexibility index (Phi) is 5.28. The molecule has 1 saturated heterocycles. The molecule has 1 aromatic rings. The summed E-state index contributed by atoms with van der Waals surface area (Å²) in [4.78, 5) is 14.1. The van der Waals surface area contributed by atoms with Crippen molar-refractivity contribution in [3.63, 3.8) is 0 Å². The Labute approximate surface area is 155 Å². The van der Waals surface area contributed by atoms with Crippen LogP contribution < -0.4 is 5.32 Å². The molecule has 2 saturated carbocycles. The van der Waals surface area contributed by atoms with Gasteiger partial charge < -0.3 is 10.1 Å². The number of hydrogen-bond donors (Lipinski definition) is 1. The number of likely N-dealkylation sites (tertiary alicyclic amines) is 1. The Morgan fingerprint density at radius 2 is 1.88 bits per heavy atom. The number of rotatable bonds is 6. The molecule has 0 unspecified atom stereocenters. The molecule has 5 heteroatoms. The first-order chi connectivity index (χ1) is 12.6. The van der Waals surface area contributed by atoms with Crippen LogP contribution in [-0.4, -0.2) is 42.6 Å². The maximum Gasteiger partial charge on any atom is 0.217 e. The molecule has 1 amide bonds. The van der Waals surface area contributed by atoms with Gasteiger partial charge in [-0.3, -0.25) is 9.69 Å². The largest absolute Gasteiger partial charge is 0.376 e. The van der Waals surface area contributed by atoms with E-state index in [0.717, 1.165) is 50.6 Å². The number of nitrogens with zero attached hydrogens (tertiary/aromatic N) is 1. The van der Waals surface area contributed by atoms with Gasteiger partial charge in [0.05, 0.1) is 12.1 Å². The van der Waals surface area contributed by atoms with E-state index in [-0.39, 0.29) is 23.9 Å². The first kappa shape index (κ1) is 17.9. The summed E-state index contributed by atoms with van der Waals surface area (Å²) in [5, 5.41) is 3.14. The standard InChI is InChI=1S/C21H29FN2O2/c1-14(25)23-20-8-17-11-24(10-15-4-6-19(22)7-5-15)12-18(17)9-21(20)26-13-16-2-3-16/h4-7,16-18,20-21H,2-3,8-13H2,1H3,(H,23,25)/t17-,18+,20-,21-/m1/s1. The number of hydrogen-bond acceptors (Lipinski definition) is 3. The van der Waals surface area contributed by atoms with Gasteiger partial charge in [-0.15, -0.1) is 0 Å². The summed E-state index contributed by atoms with van der Waals surface area (Å²) in [5.41, 5.74) is 1.16. The van der Waals surface area contributed by atoms with Crippen LogP contribution >= 0.6 is 0 Å². The lowest BCUT2D eigenvalue weighted by Crippen LogP contribution is -2.50. The second kappa shape index (κ2) is 7.65. The van der Waals surface area contributed by atoms with Gasteiger partial charge in [-0.1, -0.05) is 12.1 Å². The van der Waals surface area contributed by atoms with Crippen molar-refractivity contribution in [3.05, 3.63) is 35.6 Å². The van der Waals surface area contributed by atoms with Gasteiger partial charge >= 0.3 is 0 Å². The zero-order chi connectivity index (χ0) is 18.1. The normalized spacial score (nSPS) is 31.6. The van der Waals surface area contributed by atoms with Crippen molar-refractivity contribution in [3.8, 4) is 0 Å². The van der Waals surface area contributed by atoms with Crippen LogP contribution in [0.4, 0.5) is 4.39 Å². The number of carbonyl (C=O) groups excluding carboxylic acids is 1. The lowest BCUT2D eigenvalue weighted by Gasteiger charge is -2.38. The fraction of sp³-hybridized carbons (Fsp3) is 0.667. The number of fused-ring (bicyclic) bond motifs is 1. The summed E-state index contributed by atoms with van der Waals surface area (Å²) in [6.45, 7) is 5.42. The number of amides is 1. The van der Waals surface area contributed by atoms with Gasteiger partial charge in [0.25, 0.3) is 0 Å². The van der Waals surface area contributed by atoms with Crippen LogP contribution in [0, 0.1) is 23.6 Å². The number of benzene rings is 1. The van der Waals surface area contributed by atoms with Crippen LogP contribution in [0.1, 0.15) is 38.2 Å². The minimum Gasteiger partial charge on any atom is -0.376 e. The highest BCUT2D eigenvalue weighted by atomic mass is 19.1. The molecule has 1 aromatic carbocycles. The van der Waals surface area contributed by atoms with Crippen LogP contribution in [0.15, 0.2) is 24.3 Å². The van der Waals surface area contributed by atoms with Crippen LogP contribution in [0.3, 0.4) is 0 Å². The Balaban J connectivity index is 1.37. The maximum absolute atomic E-state index is 13.1. The molecule has 1 heterocycles. The van der Waals surface area contributed by atoms with E-state index in [9.17, 15) is 9.18 Å². The SMILES string of the molecule is CC(=O)N[C@@H]1C[C@@H]2CN(Cc3ccc(F)cc3)C[C@@H]2C[C@H]1OCC1CC1. The minimum absolute atomic E-state index is 0.0367. The minimum atomic E-state index is -0.183. The monoisotopic (exact) mass is 360 g/mol. The van der Waals surface area contributed by atoms with E-state index in [1.807, 2.05) is 12.1 Å². The summed E-state index contributed by atoms with van der Waals surface area (Å²) < 4.78 is 19.3. The molecule has 0 bridgehead atoms. The van der Waals surface area contributed by atoms with E-state index in [2.05, 4.69) is 10.2 Å². The van der Waals surface area contributed by atoms with Gasteiger partial charge in [-0.2, -0.15) is 0 Å². The molecule has 4 nitrogen and oxygen atoms in total. The second-order valence-electron chi connectivity index (χ2n) is 8.43. The molecule has 3 aliphatic rings. The van der Waals surface area contributed by atoms with Crippen molar-refractivity contribution in [1.29, 1.82) is 0 Å². The maximum atomic E-state index is 13.1. The van der Waals surface area contributed by atoms with Crippen molar-refractivity contribution in [2.75, 3.05) is 19.7 Å². The molecular formula is C21H29FN2O2. The molecule has 4 atom stereocenters. The lowest BCUT2D eigenvalue weighted by molar-refractivity contribution is -0.122. The fourth-order valence-corrected chi connectivity index (χ4v) is 4.63. The van der Waals surface area contributed by atoms with Gasteiger partial charge in [-0.25, -0.2) is 4.39 Å². The lowest BCUT2D eigenvalue weighted by atomic mass is 9.77. The van der Waals surface area contributed by atoms with Crippen LogP contribution in [0.2, 0.25) is 0 Å². The van der Waals surface area contributed by atoms with Crippen LogP contribution in [-0.2, 0) is 16.1 Å². The molecule has 4 rings (SSSR count). The van der Waals surface area contributed by atoms with Crippen molar-refractivity contribution in [2.45, 2.75) is 51.3 Å². The second-order valence-corrected chi connectivity index (χ2v) is 8.43.